The van der Waals surface area contributed by atoms with Crippen molar-refractivity contribution < 1.29 is 19.9 Å². The van der Waals surface area contributed by atoms with Crippen molar-refractivity contribution in [1.29, 1.82) is 0 Å². The highest BCUT2D eigenvalue weighted by Gasteiger charge is 2.22. The Hall–Kier alpha value is -3.71. The maximum Gasteiger partial charge on any atom is 0.293 e. The molecule has 0 amide bonds. The molecular weight excluding hydrogens is 372 g/mol. The zero-order valence-corrected chi connectivity index (χ0v) is 15.6. The number of aliphatic hydroxyl groups excluding tert-OH is 1. The smallest absolute Gasteiger partial charge is 0.293 e. The summed E-state index contributed by atoms with van der Waals surface area (Å²) in [5.41, 5.74) is 1.15. The van der Waals surface area contributed by atoms with Gasteiger partial charge >= 0.3 is 0 Å². The number of ketones is 1. The van der Waals surface area contributed by atoms with Gasteiger partial charge in [-0.05, 0) is 36.8 Å². The van der Waals surface area contributed by atoms with Crippen LogP contribution >= 0.6 is 0 Å². The van der Waals surface area contributed by atoms with Gasteiger partial charge < -0.3 is 15.5 Å². The van der Waals surface area contributed by atoms with Crippen LogP contribution in [-0.2, 0) is 0 Å². The number of nitrogens with one attached hydrogen (secondary N) is 1. The molecule has 3 aromatic carbocycles. The summed E-state index contributed by atoms with van der Waals surface area (Å²) < 4.78 is 0. The Morgan fingerprint density at radius 3 is 2.28 bits per heavy atom. The standard InChI is InChI=1S/C22H20N2O5/c1-14(21(26)16-7-10-18(25)11-8-16)23-19-12-9-17(13-20(19)24(28)29)22(27)15-5-3-2-4-6-15/h2-14,21,23,25-26H,1H3/t14-,21-/m1/s1. The van der Waals surface area contributed by atoms with Gasteiger partial charge in [-0.1, -0.05) is 42.5 Å². The number of phenolic OH excluding ortho intramolecular Hbond substituents is 1. The molecule has 0 saturated heterocycles. The molecule has 0 aliphatic rings. The monoisotopic (exact) mass is 392 g/mol. The number of phenols is 1. The van der Waals surface area contributed by atoms with E-state index in [9.17, 15) is 25.1 Å². The fourth-order valence-corrected chi connectivity index (χ4v) is 2.99. The first-order valence-corrected chi connectivity index (χ1v) is 8.98. The van der Waals surface area contributed by atoms with E-state index in [2.05, 4.69) is 5.32 Å². The first kappa shape index (κ1) is 20.0. The van der Waals surface area contributed by atoms with E-state index in [0.29, 0.717) is 11.1 Å². The van der Waals surface area contributed by atoms with Crippen LogP contribution in [0.2, 0.25) is 0 Å². The van der Waals surface area contributed by atoms with Crippen molar-refractivity contribution in [3.8, 4) is 5.75 Å². The van der Waals surface area contributed by atoms with Crippen molar-refractivity contribution in [2.45, 2.75) is 19.1 Å². The van der Waals surface area contributed by atoms with E-state index >= 15 is 0 Å². The molecule has 0 aliphatic carbocycles. The van der Waals surface area contributed by atoms with Crippen LogP contribution in [0, 0.1) is 10.1 Å². The molecule has 2 atom stereocenters. The van der Waals surface area contributed by atoms with Crippen molar-refractivity contribution in [3.05, 3.63) is 99.6 Å². The van der Waals surface area contributed by atoms with E-state index in [0.717, 1.165) is 0 Å². The Bertz CT molecular complexity index is 1020. The minimum atomic E-state index is -0.958. The molecule has 0 unspecified atom stereocenters. The molecule has 0 aliphatic heterocycles. The molecular formula is C22H20N2O5. The molecule has 0 spiro atoms. The third kappa shape index (κ3) is 4.59. The van der Waals surface area contributed by atoms with Crippen LogP contribution in [0.25, 0.3) is 0 Å². The van der Waals surface area contributed by atoms with E-state index in [1.54, 1.807) is 49.4 Å². The predicted molar refractivity (Wildman–Crippen MR) is 109 cm³/mol. The summed E-state index contributed by atoms with van der Waals surface area (Å²) in [4.78, 5) is 23.6. The summed E-state index contributed by atoms with van der Waals surface area (Å²) in [5.74, 6) is -0.228. The minimum absolute atomic E-state index is 0.0795. The van der Waals surface area contributed by atoms with Gasteiger partial charge in [0.15, 0.2) is 5.78 Å². The number of carbonyl (C=O) groups is 1. The highest BCUT2D eigenvalue weighted by Crippen LogP contribution is 2.30. The topological polar surface area (TPSA) is 113 Å². The van der Waals surface area contributed by atoms with Gasteiger partial charge in [0.1, 0.15) is 11.4 Å². The number of carbonyl (C=O) groups excluding carboxylic acids is 1. The maximum atomic E-state index is 12.6. The molecule has 148 valence electrons. The second-order valence-corrected chi connectivity index (χ2v) is 6.65. The molecule has 3 rings (SSSR count). The van der Waals surface area contributed by atoms with Gasteiger partial charge in [-0.2, -0.15) is 0 Å². The molecule has 0 fully saturated rings. The van der Waals surface area contributed by atoms with E-state index in [1.165, 1.54) is 30.3 Å². The van der Waals surface area contributed by atoms with Crippen molar-refractivity contribution >= 4 is 17.2 Å². The number of anilines is 1. The summed E-state index contributed by atoms with van der Waals surface area (Å²) >= 11 is 0. The summed E-state index contributed by atoms with van der Waals surface area (Å²) in [6, 6.07) is 18.3. The zero-order valence-electron chi connectivity index (χ0n) is 15.6. The molecule has 0 aromatic heterocycles. The van der Waals surface area contributed by atoms with Crippen molar-refractivity contribution in [2.75, 3.05) is 5.32 Å². The molecule has 29 heavy (non-hydrogen) atoms. The van der Waals surface area contributed by atoms with E-state index in [-0.39, 0.29) is 28.5 Å². The summed E-state index contributed by atoms with van der Waals surface area (Å²) in [6.45, 7) is 1.68. The molecule has 0 radical (unpaired) electrons. The second-order valence-electron chi connectivity index (χ2n) is 6.65. The average Bonchev–Trinajstić information content (AvgIpc) is 2.74. The highest BCUT2D eigenvalue weighted by molar-refractivity contribution is 6.09. The lowest BCUT2D eigenvalue weighted by Gasteiger charge is -2.22. The van der Waals surface area contributed by atoms with Crippen LogP contribution in [0.3, 0.4) is 0 Å². The molecule has 7 heteroatoms. The van der Waals surface area contributed by atoms with Gasteiger partial charge in [-0.15, -0.1) is 0 Å². The van der Waals surface area contributed by atoms with Gasteiger partial charge in [0.2, 0.25) is 0 Å². The van der Waals surface area contributed by atoms with Crippen molar-refractivity contribution in [2.24, 2.45) is 0 Å². The Morgan fingerprint density at radius 2 is 1.66 bits per heavy atom. The van der Waals surface area contributed by atoms with Crippen LogP contribution in [0.1, 0.15) is 34.5 Å². The molecule has 0 saturated carbocycles. The molecule has 3 N–H and O–H groups in total. The Balaban J connectivity index is 1.84. The van der Waals surface area contributed by atoms with E-state index in [1.807, 2.05) is 0 Å². The largest absolute Gasteiger partial charge is 0.508 e. The first-order valence-electron chi connectivity index (χ1n) is 8.98. The second kappa shape index (κ2) is 8.53. The van der Waals surface area contributed by atoms with Crippen molar-refractivity contribution in [3.63, 3.8) is 0 Å². The van der Waals surface area contributed by atoms with Gasteiger partial charge in [-0.25, -0.2) is 0 Å². The average molecular weight is 392 g/mol. The van der Waals surface area contributed by atoms with Gasteiger partial charge in [0.25, 0.3) is 5.69 Å². The number of rotatable bonds is 7. The number of aromatic hydroxyl groups is 1. The van der Waals surface area contributed by atoms with Crippen molar-refractivity contribution in [1.82, 2.24) is 0 Å². The number of hydrogen-bond acceptors (Lipinski definition) is 6. The quantitative estimate of drug-likeness (QED) is 0.317. The number of aliphatic hydroxyl groups is 1. The fourth-order valence-electron chi connectivity index (χ4n) is 2.99. The van der Waals surface area contributed by atoms with Crippen LogP contribution in [0.5, 0.6) is 5.75 Å². The molecule has 0 bridgehead atoms. The number of nitrogens with zero attached hydrogens (tertiary/aromatic N) is 1. The predicted octanol–water partition coefficient (Wildman–Crippen LogP) is 4.07. The van der Waals surface area contributed by atoms with E-state index < -0.39 is 17.1 Å². The fraction of sp³-hybridized carbons (Fsp3) is 0.136. The minimum Gasteiger partial charge on any atom is -0.508 e. The Kier molecular flexibility index (Phi) is 5.90. The Morgan fingerprint density at radius 1 is 1.00 bits per heavy atom. The summed E-state index contributed by atoms with van der Waals surface area (Å²) in [6.07, 6.45) is -0.958. The number of benzene rings is 3. The van der Waals surface area contributed by atoms with Gasteiger partial charge in [-0.3, -0.25) is 14.9 Å². The lowest BCUT2D eigenvalue weighted by Crippen LogP contribution is -2.24. The van der Waals surface area contributed by atoms with Gasteiger partial charge in [0, 0.05) is 17.2 Å². The SMILES string of the molecule is C[C@@H](Nc1ccc(C(=O)c2ccccc2)cc1[N+](=O)[O-])[C@@H](O)c1ccc(O)cc1. The first-order chi connectivity index (χ1) is 13.9. The lowest BCUT2D eigenvalue weighted by molar-refractivity contribution is -0.384. The third-order valence-corrected chi connectivity index (χ3v) is 4.58. The highest BCUT2D eigenvalue weighted by atomic mass is 16.6. The van der Waals surface area contributed by atoms with Crippen LogP contribution in [0.15, 0.2) is 72.8 Å². The summed E-state index contributed by atoms with van der Waals surface area (Å²) in [5, 5.41) is 34.4. The van der Waals surface area contributed by atoms with Gasteiger partial charge in [0.05, 0.1) is 17.1 Å². The molecule has 7 nitrogen and oxygen atoms in total. The van der Waals surface area contributed by atoms with E-state index in [4.69, 9.17) is 0 Å². The number of nitro groups is 1. The number of nitro benzene ring substituents is 1. The van der Waals surface area contributed by atoms with Crippen LogP contribution < -0.4 is 5.32 Å². The third-order valence-electron chi connectivity index (χ3n) is 4.58. The molecule has 0 heterocycles. The van der Waals surface area contributed by atoms with Crippen LogP contribution in [-0.4, -0.2) is 27.0 Å². The zero-order chi connectivity index (χ0) is 21.0. The maximum absolute atomic E-state index is 12.6. The number of hydrogen-bond donors (Lipinski definition) is 3. The molecule has 3 aromatic rings. The summed E-state index contributed by atoms with van der Waals surface area (Å²) in [7, 11) is 0. The Labute approximate surface area is 167 Å². The normalized spacial score (nSPS) is 12.8. The lowest BCUT2D eigenvalue weighted by atomic mass is 10.0. The van der Waals surface area contributed by atoms with Crippen LogP contribution in [0.4, 0.5) is 11.4 Å².